The Kier molecular flexibility index (Phi) is 5.83. The van der Waals surface area contributed by atoms with Crippen molar-refractivity contribution in [3.8, 4) is 17.1 Å². The van der Waals surface area contributed by atoms with Gasteiger partial charge in [0.15, 0.2) is 5.65 Å². The average molecular weight is 432 g/mol. The Morgan fingerprint density at radius 3 is 2.58 bits per heavy atom. The molecule has 0 saturated carbocycles. The van der Waals surface area contributed by atoms with Crippen molar-refractivity contribution in [2.75, 3.05) is 31.1 Å². The van der Waals surface area contributed by atoms with E-state index in [9.17, 15) is 13.6 Å². The lowest BCUT2D eigenvalue weighted by atomic mass is 10.2. The van der Waals surface area contributed by atoms with Crippen LogP contribution in [0, 0.1) is 0 Å². The molecule has 1 amide bonds. The molecule has 1 saturated heterocycles. The van der Waals surface area contributed by atoms with E-state index >= 15 is 0 Å². The van der Waals surface area contributed by atoms with Crippen molar-refractivity contribution in [2.24, 2.45) is 0 Å². The molecular formula is C20H22F2N6O3. The number of alkyl halides is 2. The largest absolute Gasteiger partial charge is 0.447 e. The molecule has 0 radical (unpaired) electrons. The first kappa shape index (κ1) is 20.8. The number of rotatable bonds is 5. The Morgan fingerprint density at radius 1 is 1.10 bits per heavy atom. The summed E-state index contributed by atoms with van der Waals surface area (Å²) < 4.78 is 36.9. The molecule has 3 aromatic rings. The second-order valence-corrected chi connectivity index (χ2v) is 7.25. The molecule has 1 aliphatic heterocycles. The van der Waals surface area contributed by atoms with E-state index in [1.165, 1.54) is 6.20 Å². The zero-order valence-electron chi connectivity index (χ0n) is 17.1. The first-order valence-electron chi connectivity index (χ1n) is 9.88. The van der Waals surface area contributed by atoms with Crippen molar-refractivity contribution < 1.29 is 23.0 Å². The van der Waals surface area contributed by atoms with Gasteiger partial charge in [-0.3, -0.25) is 0 Å². The summed E-state index contributed by atoms with van der Waals surface area (Å²) in [7, 11) is 0. The summed E-state index contributed by atoms with van der Waals surface area (Å²) in [6.45, 7) is 2.83. The van der Waals surface area contributed by atoms with Gasteiger partial charge in [-0.1, -0.05) is 0 Å². The monoisotopic (exact) mass is 432 g/mol. The van der Waals surface area contributed by atoms with Crippen LogP contribution in [0.15, 0.2) is 36.7 Å². The zero-order valence-corrected chi connectivity index (χ0v) is 17.1. The normalized spacial score (nSPS) is 14.5. The van der Waals surface area contributed by atoms with Crippen LogP contribution in [0.5, 0.6) is 5.88 Å². The molecule has 1 fully saturated rings. The third kappa shape index (κ3) is 4.49. The Balaban J connectivity index is 1.57. The van der Waals surface area contributed by atoms with Crippen LogP contribution >= 0.6 is 0 Å². The van der Waals surface area contributed by atoms with Crippen LogP contribution in [-0.2, 0) is 4.74 Å². The summed E-state index contributed by atoms with van der Waals surface area (Å²) in [5.74, 6) is 0.493. The van der Waals surface area contributed by atoms with Gasteiger partial charge < -0.3 is 19.3 Å². The molecule has 0 aliphatic carbocycles. The molecule has 3 aromatic heterocycles. The van der Waals surface area contributed by atoms with Gasteiger partial charge in [0.05, 0.1) is 23.6 Å². The molecule has 0 bridgehead atoms. The van der Waals surface area contributed by atoms with Crippen LogP contribution in [0.2, 0.25) is 0 Å². The van der Waals surface area contributed by atoms with Crippen LogP contribution in [0.1, 0.15) is 13.8 Å². The van der Waals surface area contributed by atoms with Gasteiger partial charge in [-0.25, -0.2) is 19.3 Å². The third-order valence-electron chi connectivity index (χ3n) is 4.79. The number of anilines is 1. The minimum Gasteiger partial charge on any atom is -0.447 e. The van der Waals surface area contributed by atoms with Crippen molar-refractivity contribution >= 4 is 17.6 Å². The number of hydrogen-bond donors (Lipinski definition) is 0. The van der Waals surface area contributed by atoms with E-state index in [1.807, 2.05) is 24.8 Å². The molecule has 0 spiro atoms. The first-order valence-corrected chi connectivity index (χ1v) is 9.88. The molecule has 1 aliphatic rings. The van der Waals surface area contributed by atoms with Crippen molar-refractivity contribution in [1.29, 1.82) is 0 Å². The third-order valence-corrected chi connectivity index (χ3v) is 4.79. The highest BCUT2D eigenvalue weighted by Crippen LogP contribution is 2.29. The average Bonchev–Trinajstić information content (AvgIpc) is 3.16. The van der Waals surface area contributed by atoms with Crippen LogP contribution in [0.25, 0.3) is 16.9 Å². The number of pyridine rings is 1. The number of piperazine rings is 1. The summed E-state index contributed by atoms with van der Waals surface area (Å²) in [5.41, 5.74) is 1.41. The topological polar surface area (TPSA) is 85.1 Å². The van der Waals surface area contributed by atoms with Crippen LogP contribution < -0.4 is 9.64 Å². The van der Waals surface area contributed by atoms with E-state index in [4.69, 9.17) is 4.74 Å². The molecular weight excluding hydrogens is 410 g/mol. The minimum atomic E-state index is -2.99. The quantitative estimate of drug-likeness (QED) is 0.613. The number of carbonyl (C=O) groups is 1. The fourth-order valence-corrected chi connectivity index (χ4v) is 3.37. The number of halogens is 2. The van der Waals surface area contributed by atoms with Crippen molar-refractivity contribution in [3.63, 3.8) is 0 Å². The summed E-state index contributed by atoms with van der Waals surface area (Å²) in [6.07, 6.45) is 2.44. The van der Waals surface area contributed by atoms with Gasteiger partial charge in [0.25, 0.3) is 0 Å². The van der Waals surface area contributed by atoms with Crippen molar-refractivity contribution in [2.45, 2.75) is 26.6 Å². The smallest absolute Gasteiger partial charge is 0.410 e. The SMILES string of the molecule is CC(C)OC(=O)N1CCN(c2ccc3ncc(-c4cccnc4OC(F)F)n3n2)CC1. The molecule has 31 heavy (non-hydrogen) atoms. The molecule has 4 rings (SSSR count). The number of amides is 1. The summed E-state index contributed by atoms with van der Waals surface area (Å²) in [6, 6.07) is 6.90. The number of fused-ring (bicyclic) bond motifs is 1. The number of imidazole rings is 1. The van der Waals surface area contributed by atoms with Gasteiger partial charge in [0, 0.05) is 32.4 Å². The van der Waals surface area contributed by atoms with Crippen LogP contribution in [0.3, 0.4) is 0 Å². The highest BCUT2D eigenvalue weighted by molar-refractivity contribution is 5.69. The second kappa shape index (κ2) is 8.70. The molecule has 4 heterocycles. The molecule has 164 valence electrons. The number of hydrogen-bond acceptors (Lipinski definition) is 7. The standard InChI is InChI=1S/C20H22F2N6O3/c1-13(2)30-20(29)27-10-8-26(9-11-27)17-6-5-16-24-12-15(28(16)25-17)14-4-3-7-23-18(14)31-19(21)22/h3-7,12-13,19H,8-11H2,1-2H3. The van der Waals surface area contributed by atoms with Crippen LogP contribution in [-0.4, -0.2) is 69.5 Å². The zero-order chi connectivity index (χ0) is 22.0. The number of aromatic nitrogens is 4. The highest BCUT2D eigenvalue weighted by atomic mass is 19.3. The Labute approximate surface area is 177 Å². The maximum Gasteiger partial charge on any atom is 0.410 e. The fraction of sp³-hybridized carbons (Fsp3) is 0.400. The summed E-state index contributed by atoms with van der Waals surface area (Å²) in [4.78, 5) is 24.0. The first-order chi connectivity index (χ1) is 14.9. The summed E-state index contributed by atoms with van der Waals surface area (Å²) in [5, 5.41) is 4.65. The molecule has 9 nitrogen and oxygen atoms in total. The number of nitrogens with zero attached hydrogens (tertiary/aromatic N) is 6. The molecule has 0 aromatic carbocycles. The summed E-state index contributed by atoms with van der Waals surface area (Å²) >= 11 is 0. The van der Waals surface area contributed by atoms with Gasteiger partial charge in [-0.05, 0) is 38.1 Å². The predicted octanol–water partition coefficient (Wildman–Crippen LogP) is 3.06. The molecule has 0 N–H and O–H groups in total. The maximum absolute atomic E-state index is 12.8. The molecule has 11 heteroatoms. The second-order valence-electron chi connectivity index (χ2n) is 7.25. The lowest BCUT2D eigenvalue weighted by Crippen LogP contribution is -2.49. The lowest BCUT2D eigenvalue weighted by Gasteiger charge is -2.35. The Hall–Kier alpha value is -3.50. The predicted molar refractivity (Wildman–Crippen MR) is 108 cm³/mol. The highest BCUT2D eigenvalue weighted by Gasteiger charge is 2.24. The number of carbonyl (C=O) groups excluding carboxylic acids is 1. The van der Waals surface area contributed by atoms with Gasteiger partial charge >= 0.3 is 12.7 Å². The van der Waals surface area contributed by atoms with Gasteiger partial charge in [0.2, 0.25) is 5.88 Å². The van der Waals surface area contributed by atoms with Crippen molar-refractivity contribution in [3.05, 3.63) is 36.7 Å². The van der Waals surface area contributed by atoms with E-state index in [-0.39, 0.29) is 18.1 Å². The van der Waals surface area contributed by atoms with Gasteiger partial charge in [-0.2, -0.15) is 8.78 Å². The Bertz CT molecular complexity index is 1070. The van der Waals surface area contributed by atoms with Gasteiger partial charge in [-0.15, -0.1) is 5.10 Å². The maximum atomic E-state index is 12.8. The van der Waals surface area contributed by atoms with E-state index < -0.39 is 6.61 Å². The molecule has 0 unspecified atom stereocenters. The van der Waals surface area contributed by atoms with Crippen molar-refractivity contribution in [1.82, 2.24) is 24.5 Å². The fourth-order valence-electron chi connectivity index (χ4n) is 3.37. The van der Waals surface area contributed by atoms with E-state index in [2.05, 4.69) is 19.8 Å². The molecule has 0 atom stereocenters. The van der Waals surface area contributed by atoms with E-state index in [1.54, 1.807) is 33.8 Å². The lowest BCUT2D eigenvalue weighted by molar-refractivity contribution is -0.0524. The minimum absolute atomic E-state index is 0.166. The number of ether oxygens (including phenoxy) is 2. The van der Waals surface area contributed by atoms with E-state index in [0.29, 0.717) is 48.9 Å². The van der Waals surface area contributed by atoms with Gasteiger partial charge in [0.1, 0.15) is 5.82 Å². The van der Waals surface area contributed by atoms with E-state index in [0.717, 1.165) is 0 Å². The Morgan fingerprint density at radius 2 is 1.87 bits per heavy atom. The van der Waals surface area contributed by atoms with Crippen LogP contribution in [0.4, 0.5) is 19.4 Å².